The SMILES string of the molecule is COC(=O)C(C(=O)c1ccccc1)C(=O)C(C)Oc1ccccc1.Cl. The second-order valence-electron chi connectivity index (χ2n) is 5.16. The number of rotatable bonds is 7. The fourth-order valence-corrected chi connectivity index (χ4v) is 2.24. The van der Waals surface area contributed by atoms with E-state index >= 15 is 0 Å². The molecule has 2 unspecified atom stereocenters. The van der Waals surface area contributed by atoms with Crippen LogP contribution in [0.5, 0.6) is 5.75 Å². The molecule has 2 rings (SSSR count). The topological polar surface area (TPSA) is 69.7 Å². The van der Waals surface area contributed by atoms with E-state index in [2.05, 4.69) is 4.74 Å². The van der Waals surface area contributed by atoms with Crippen molar-refractivity contribution in [2.45, 2.75) is 13.0 Å². The maximum absolute atomic E-state index is 12.6. The number of carbonyl (C=O) groups is 3. The highest BCUT2D eigenvalue weighted by Crippen LogP contribution is 2.17. The second-order valence-corrected chi connectivity index (χ2v) is 5.16. The van der Waals surface area contributed by atoms with Crippen molar-refractivity contribution in [3.63, 3.8) is 0 Å². The number of esters is 1. The van der Waals surface area contributed by atoms with Gasteiger partial charge in [0.25, 0.3) is 0 Å². The molecule has 0 amide bonds. The minimum atomic E-state index is -1.55. The molecule has 2 atom stereocenters. The molecule has 0 aromatic heterocycles. The molecule has 6 heteroatoms. The lowest BCUT2D eigenvalue weighted by molar-refractivity contribution is -0.148. The van der Waals surface area contributed by atoms with Crippen LogP contribution in [0.4, 0.5) is 0 Å². The van der Waals surface area contributed by atoms with Gasteiger partial charge in [0.15, 0.2) is 23.6 Å². The molecular weight excluding hydrogens is 344 g/mol. The summed E-state index contributed by atoms with van der Waals surface area (Å²) in [5.41, 5.74) is 0.271. The van der Waals surface area contributed by atoms with Gasteiger partial charge in [-0.25, -0.2) is 0 Å². The molecule has 2 aromatic rings. The van der Waals surface area contributed by atoms with Gasteiger partial charge >= 0.3 is 5.97 Å². The summed E-state index contributed by atoms with van der Waals surface area (Å²) in [6.45, 7) is 1.50. The van der Waals surface area contributed by atoms with Gasteiger partial charge in [-0.2, -0.15) is 0 Å². The molecule has 0 saturated carbocycles. The largest absolute Gasteiger partial charge is 0.483 e. The quantitative estimate of drug-likeness (QED) is 0.430. The number of benzene rings is 2. The van der Waals surface area contributed by atoms with Crippen molar-refractivity contribution < 1.29 is 23.9 Å². The van der Waals surface area contributed by atoms with Crippen LogP contribution >= 0.6 is 12.4 Å². The minimum absolute atomic E-state index is 0. The third kappa shape index (κ3) is 5.16. The summed E-state index contributed by atoms with van der Waals surface area (Å²) < 4.78 is 10.2. The first-order valence-corrected chi connectivity index (χ1v) is 7.47. The Morgan fingerprint density at radius 3 is 1.92 bits per heavy atom. The van der Waals surface area contributed by atoms with Crippen molar-refractivity contribution >= 4 is 29.9 Å². The molecule has 5 nitrogen and oxygen atoms in total. The molecule has 0 fully saturated rings. The Hall–Kier alpha value is -2.66. The summed E-state index contributed by atoms with van der Waals surface area (Å²) in [7, 11) is 1.14. The Labute approximate surface area is 152 Å². The van der Waals surface area contributed by atoms with E-state index in [1.165, 1.54) is 6.92 Å². The first kappa shape index (κ1) is 20.4. The summed E-state index contributed by atoms with van der Waals surface area (Å²) >= 11 is 0. The first-order chi connectivity index (χ1) is 11.5. The van der Waals surface area contributed by atoms with Gasteiger partial charge in [0.1, 0.15) is 5.75 Å². The van der Waals surface area contributed by atoms with Gasteiger partial charge in [-0.05, 0) is 19.1 Å². The van der Waals surface area contributed by atoms with E-state index in [1.807, 2.05) is 6.07 Å². The van der Waals surface area contributed by atoms with Gasteiger partial charge in [-0.3, -0.25) is 14.4 Å². The molecule has 2 aromatic carbocycles. The number of carbonyl (C=O) groups excluding carboxylic acids is 3. The van der Waals surface area contributed by atoms with Crippen LogP contribution in [-0.2, 0) is 14.3 Å². The molecule has 0 spiro atoms. The van der Waals surface area contributed by atoms with Gasteiger partial charge in [-0.1, -0.05) is 48.5 Å². The Morgan fingerprint density at radius 1 is 0.880 bits per heavy atom. The monoisotopic (exact) mass is 362 g/mol. The molecule has 0 aliphatic heterocycles. The average Bonchev–Trinajstić information content (AvgIpc) is 2.63. The summed E-state index contributed by atoms with van der Waals surface area (Å²) in [5.74, 6) is -3.20. The number of ketones is 2. The van der Waals surface area contributed by atoms with E-state index in [4.69, 9.17) is 4.74 Å². The van der Waals surface area contributed by atoms with Crippen molar-refractivity contribution in [2.75, 3.05) is 7.11 Å². The van der Waals surface area contributed by atoms with E-state index in [-0.39, 0.29) is 18.0 Å². The minimum Gasteiger partial charge on any atom is -0.483 e. The van der Waals surface area contributed by atoms with Crippen molar-refractivity contribution in [3.05, 3.63) is 66.2 Å². The number of para-hydroxylation sites is 1. The van der Waals surface area contributed by atoms with E-state index in [1.54, 1.807) is 54.6 Å². The van der Waals surface area contributed by atoms with Crippen LogP contribution < -0.4 is 4.74 Å². The van der Waals surface area contributed by atoms with Crippen LogP contribution in [0.3, 0.4) is 0 Å². The molecule has 0 N–H and O–H groups in total. The predicted molar refractivity (Wildman–Crippen MR) is 95.1 cm³/mol. The summed E-state index contributed by atoms with van der Waals surface area (Å²) in [5, 5.41) is 0. The smallest absolute Gasteiger partial charge is 0.324 e. The fourth-order valence-electron chi connectivity index (χ4n) is 2.24. The lowest BCUT2D eigenvalue weighted by atomic mass is 9.91. The summed E-state index contributed by atoms with van der Waals surface area (Å²) in [6, 6.07) is 16.9. The van der Waals surface area contributed by atoms with E-state index in [9.17, 15) is 14.4 Å². The molecule has 0 saturated heterocycles. The van der Waals surface area contributed by atoms with Crippen molar-refractivity contribution in [1.29, 1.82) is 0 Å². The number of ether oxygens (including phenoxy) is 2. The van der Waals surface area contributed by atoms with Crippen LogP contribution in [-0.4, -0.2) is 30.7 Å². The van der Waals surface area contributed by atoms with Crippen LogP contribution in [0, 0.1) is 5.92 Å². The Morgan fingerprint density at radius 2 is 1.40 bits per heavy atom. The van der Waals surface area contributed by atoms with Crippen molar-refractivity contribution in [2.24, 2.45) is 5.92 Å². The number of methoxy groups -OCH3 is 1. The van der Waals surface area contributed by atoms with Gasteiger partial charge < -0.3 is 9.47 Å². The molecule has 0 aliphatic carbocycles. The lowest BCUT2D eigenvalue weighted by Gasteiger charge is -2.18. The lowest BCUT2D eigenvalue weighted by Crippen LogP contribution is -2.40. The van der Waals surface area contributed by atoms with Crippen molar-refractivity contribution in [1.82, 2.24) is 0 Å². The van der Waals surface area contributed by atoms with E-state index in [0.717, 1.165) is 7.11 Å². The zero-order valence-electron chi connectivity index (χ0n) is 13.9. The first-order valence-electron chi connectivity index (χ1n) is 7.47. The highest BCUT2D eigenvalue weighted by atomic mass is 35.5. The second kappa shape index (κ2) is 9.59. The van der Waals surface area contributed by atoms with Crippen molar-refractivity contribution in [3.8, 4) is 5.75 Å². The van der Waals surface area contributed by atoms with E-state index < -0.39 is 29.6 Å². The highest BCUT2D eigenvalue weighted by Gasteiger charge is 2.38. The van der Waals surface area contributed by atoms with Crippen LogP contribution in [0.2, 0.25) is 0 Å². The Balaban J connectivity index is 0.00000312. The van der Waals surface area contributed by atoms with Gasteiger partial charge in [-0.15, -0.1) is 12.4 Å². The number of Topliss-reactive ketones (excluding diaryl/α,β-unsaturated/α-hetero) is 2. The predicted octanol–water partition coefficient (Wildman–Crippen LogP) is 3.12. The zero-order valence-corrected chi connectivity index (χ0v) is 14.7. The molecule has 0 bridgehead atoms. The Kier molecular flexibility index (Phi) is 7.82. The maximum atomic E-state index is 12.6. The maximum Gasteiger partial charge on any atom is 0.324 e. The van der Waals surface area contributed by atoms with Crippen LogP contribution in [0.15, 0.2) is 60.7 Å². The fraction of sp³-hybridized carbons (Fsp3) is 0.211. The normalized spacial score (nSPS) is 12.2. The third-order valence-corrected chi connectivity index (χ3v) is 3.50. The highest BCUT2D eigenvalue weighted by molar-refractivity contribution is 6.23. The van der Waals surface area contributed by atoms with Gasteiger partial charge in [0.05, 0.1) is 7.11 Å². The summed E-state index contributed by atoms with van der Waals surface area (Å²) in [6.07, 6.45) is -0.968. The van der Waals surface area contributed by atoms with Crippen LogP contribution in [0.25, 0.3) is 0 Å². The number of halogens is 1. The number of hydrogen-bond acceptors (Lipinski definition) is 5. The Bertz CT molecular complexity index is 715. The van der Waals surface area contributed by atoms with Crippen LogP contribution in [0.1, 0.15) is 17.3 Å². The third-order valence-electron chi connectivity index (χ3n) is 3.50. The number of hydrogen-bond donors (Lipinski definition) is 0. The van der Waals surface area contributed by atoms with E-state index in [0.29, 0.717) is 5.75 Å². The summed E-state index contributed by atoms with van der Waals surface area (Å²) in [4.78, 5) is 37.2. The molecule has 25 heavy (non-hydrogen) atoms. The molecule has 0 radical (unpaired) electrons. The average molecular weight is 363 g/mol. The molecular formula is C19H19ClO5. The van der Waals surface area contributed by atoms with Gasteiger partial charge in [0.2, 0.25) is 0 Å². The molecule has 132 valence electrons. The zero-order chi connectivity index (χ0) is 17.5. The van der Waals surface area contributed by atoms with Gasteiger partial charge in [0, 0.05) is 5.56 Å². The molecule has 0 heterocycles. The standard InChI is InChI=1S/C19H18O5.ClH/c1-13(24-15-11-7-4-8-12-15)17(20)16(19(22)23-2)18(21)14-9-5-3-6-10-14;/h3-13,16H,1-2H3;1H. The molecule has 0 aliphatic rings.